The van der Waals surface area contributed by atoms with Crippen LogP contribution in [0.1, 0.15) is 232 Å². The number of hydrogen-bond acceptors (Lipinski definition) is 8. The summed E-state index contributed by atoms with van der Waals surface area (Å²) in [7, 11) is -4.37. The predicted octanol–water partition coefficient (Wildman–Crippen LogP) is 13.4. The van der Waals surface area contributed by atoms with Crippen LogP contribution in [0.15, 0.2) is 12.2 Å². The first-order valence-electron chi connectivity index (χ1n) is 23.2. The summed E-state index contributed by atoms with van der Waals surface area (Å²) in [6.07, 6.45) is 43.8. The molecule has 0 aliphatic heterocycles. The highest BCUT2D eigenvalue weighted by atomic mass is 31.2. The Labute approximate surface area is 339 Å². The maximum Gasteiger partial charge on any atom is 0.472 e. The molecule has 0 heterocycles. The summed E-state index contributed by atoms with van der Waals surface area (Å²) in [5.41, 5.74) is 5.35. The molecule has 0 fully saturated rings. The lowest BCUT2D eigenvalue weighted by Crippen LogP contribution is -2.29. The van der Waals surface area contributed by atoms with Gasteiger partial charge in [-0.2, -0.15) is 0 Å². The Bertz CT molecular complexity index is 917. The van der Waals surface area contributed by atoms with Gasteiger partial charge in [0.25, 0.3) is 0 Å². The van der Waals surface area contributed by atoms with E-state index >= 15 is 0 Å². The third-order valence-electron chi connectivity index (χ3n) is 10.2. The molecule has 3 N–H and O–H groups in total. The number of carbonyl (C=O) groups excluding carboxylic acids is 2. The van der Waals surface area contributed by atoms with Crippen molar-refractivity contribution in [2.75, 3.05) is 26.4 Å². The molecule has 1 unspecified atom stereocenters. The zero-order chi connectivity index (χ0) is 40.3. The Hall–Kier alpha value is -1.25. The minimum absolute atomic E-state index is 0.0556. The van der Waals surface area contributed by atoms with Gasteiger partial charge in [-0.15, -0.1) is 0 Å². The first-order valence-corrected chi connectivity index (χ1v) is 24.7. The smallest absolute Gasteiger partial charge is 0.462 e. The predicted molar refractivity (Wildman–Crippen MR) is 229 cm³/mol. The molecule has 55 heavy (non-hydrogen) atoms. The van der Waals surface area contributed by atoms with Gasteiger partial charge in [-0.1, -0.05) is 193 Å². The summed E-state index contributed by atoms with van der Waals surface area (Å²) in [6, 6.07) is 0. The van der Waals surface area contributed by atoms with Crippen molar-refractivity contribution in [3.05, 3.63) is 12.2 Å². The van der Waals surface area contributed by atoms with Crippen molar-refractivity contribution in [1.29, 1.82) is 0 Å². The third kappa shape index (κ3) is 42.2. The van der Waals surface area contributed by atoms with Gasteiger partial charge in [0.15, 0.2) is 6.10 Å². The minimum atomic E-state index is -4.37. The Balaban J connectivity index is 4.06. The second-order valence-electron chi connectivity index (χ2n) is 15.6. The topological polar surface area (TPSA) is 134 Å². The SMILES string of the molecule is CCCCCC/C=C\CCCCCCCCCC(=O)O[C@H](COC(=O)CCCCCCCCCCCCCCCCCCCCC)COP(=O)(O)OCCN. The number of ether oxygens (including phenoxy) is 2. The Morgan fingerprint density at radius 3 is 1.31 bits per heavy atom. The number of nitrogens with two attached hydrogens (primary N) is 1. The van der Waals surface area contributed by atoms with Gasteiger partial charge >= 0.3 is 19.8 Å². The molecule has 0 saturated carbocycles. The second kappa shape index (κ2) is 42.4. The van der Waals surface area contributed by atoms with Crippen molar-refractivity contribution in [2.24, 2.45) is 5.73 Å². The van der Waals surface area contributed by atoms with Crippen LogP contribution in [0.2, 0.25) is 0 Å². The fourth-order valence-corrected chi connectivity index (χ4v) is 7.45. The zero-order valence-electron chi connectivity index (χ0n) is 35.9. The van der Waals surface area contributed by atoms with E-state index in [1.54, 1.807) is 0 Å². The molecule has 9 nitrogen and oxygen atoms in total. The largest absolute Gasteiger partial charge is 0.472 e. The lowest BCUT2D eigenvalue weighted by molar-refractivity contribution is -0.161. The molecule has 2 atom stereocenters. The van der Waals surface area contributed by atoms with Crippen molar-refractivity contribution in [1.82, 2.24) is 0 Å². The molecule has 326 valence electrons. The molecule has 10 heteroatoms. The molecule has 0 aliphatic carbocycles. The van der Waals surface area contributed by atoms with E-state index in [0.717, 1.165) is 44.9 Å². The standard InChI is InChI=1S/C45H88NO8P/c1-3-5-7-9-11-13-15-17-19-20-21-22-24-25-27-29-31-33-35-37-44(47)51-41-43(42-53-55(49,50)52-40-39-46)54-45(48)38-36-34-32-30-28-26-23-18-16-14-12-10-8-6-4-2/h14,16,43H,3-13,15,17-42,46H2,1-2H3,(H,49,50)/b16-14-/t43-/m1/s1. The number of esters is 2. The second-order valence-corrected chi connectivity index (χ2v) is 17.1. The Morgan fingerprint density at radius 2 is 0.891 bits per heavy atom. The van der Waals surface area contributed by atoms with Crippen LogP contribution in [0.4, 0.5) is 0 Å². The van der Waals surface area contributed by atoms with Gasteiger partial charge in [0.05, 0.1) is 13.2 Å². The highest BCUT2D eigenvalue weighted by Crippen LogP contribution is 2.43. The van der Waals surface area contributed by atoms with E-state index in [4.69, 9.17) is 24.3 Å². The lowest BCUT2D eigenvalue weighted by Gasteiger charge is -2.19. The quantitative estimate of drug-likeness (QED) is 0.0267. The normalized spacial score (nSPS) is 13.3. The molecule has 0 rings (SSSR count). The van der Waals surface area contributed by atoms with Gasteiger partial charge in [0.2, 0.25) is 0 Å². The number of phosphoric acid groups is 1. The summed E-state index contributed by atoms with van der Waals surface area (Å²) in [5.74, 6) is -0.821. The van der Waals surface area contributed by atoms with Gasteiger partial charge in [-0.3, -0.25) is 18.6 Å². The van der Waals surface area contributed by atoms with Crippen LogP contribution in [0.5, 0.6) is 0 Å². The highest BCUT2D eigenvalue weighted by Gasteiger charge is 2.26. The Kier molecular flexibility index (Phi) is 41.4. The maximum absolute atomic E-state index is 12.6. The number of phosphoric ester groups is 1. The molecular formula is C45H88NO8P. The summed E-state index contributed by atoms with van der Waals surface area (Å²) >= 11 is 0. The van der Waals surface area contributed by atoms with Crippen LogP contribution >= 0.6 is 7.82 Å². The van der Waals surface area contributed by atoms with Crippen LogP contribution < -0.4 is 5.73 Å². The number of rotatable bonds is 44. The first-order chi connectivity index (χ1) is 26.8. The first kappa shape index (κ1) is 53.8. The summed E-state index contributed by atoms with van der Waals surface area (Å²) in [5, 5.41) is 0. The average molecular weight is 802 g/mol. The third-order valence-corrected chi connectivity index (χ3v) is 11.1. The number of allylic oxidation sites excluding steroid dienone is 2. The fraction of sp³-hybridized carbons (Fsp3) is 0.911. The van der Waals surface area contributed by atoms with Crippen LogP contribution in [0.25, 0.3) is 0 Å². The highest BCUT2D eigenvalue weighted by molar-refractivity contribution is 7.47. The molecule has 0 aliphatic rings. The van der Waals surface area contributed by atoms with Crippen molar-refractivity contribution >= 4 is 19.8 Å². The summed E-state index contributed by atoms with van der Waals surface area (Å²) in [4.78, 5) is 34.9. The molecule has 0 amide bonds. The van der Waals surface area contributed by atoms with Crippen molar-refractivity contribution in [2.45, 2.75) is 238 Å². The van der Waals surface area contributed by atoms with E-state index in [2.05, 4.69) is 26.0 Å². The van der Waals surface area contributed by atoms with Crippen molar-refractivity contribution in [3.63, 3.8) is 0 Å². The van der Waals surface area contributed by atoms with Crippen LogP contribution in [-0.4, -0.2) is 49.3 Å². The van der Waals surface area contributed by atoms with Crippen LogP contribution in [0, 0.1) is 0 Å². The van der Waals surface area contributed by atoms with E-state index < -0.39 is 26.5 Å². The summed E-state index contributed by atoms with van der Waals surface area (Å²) in [6.45, 7) is 3.75. The number of carbonyl (C=O) groups is 2. The molecular weight excluding hydrogens is 713 g/mol. The zero-order valence-corrected chi connectivity index (χ0v) is 36.8. The molecule has 0 aromatic rings. The van der Waals surface area contributed by atoms with E-state index in [9.17, 15) is 19.0 Å². The van der Waals surface area contributed by atoms with Gasteiger partial charge in [-0.25, -0.2) is 4.57 Å². The van der Waals surface area contributed by atoms with Gasteiger partial charge in [-0.05, 0) is 38.5 Å². The minimum Gasteiger partial charge on any atom is -0.462 e. The molecule has 0 radical (unpaired) electrons. The van der Waals surface area contributed by atoms with E-state index in [1.807, 2.05) is 0 Å². The average Bonchev–Trinajstić information content (AvgIpc) is 3.17. The maximum atomic E-state index is 12.6. The van der Waals surface area contributed by atoms with Gasteiger partial charge in [0.1, 0.15) is 6.61 Å². The van der Waals surface area contributed by atoms with Gasteiger partial charge < -0.3 is 20.1 Å². The number of unbranched alkanes of at least 4 members (excludes halogenated alkanes) is 29. The van der Waals surface area contributed by atoms with E-state index in [-0.39, 0.29) is 38.6 Å². The number of hydrogen-bond donors (Lipinski definition) is 2. The molecule has 0 bridgehead atoms. The lowest BCUT2D eigenvalue weighted by atomic mass is 10.0. The van der Waals surface area contributed by atoms with Crippen LogP contribution in [-0.2, 0) is 32.7 Å². The van der Waals surface area contributed by atoms with Crippen molar-refractivity contribution in [3.8, 4) is 0 Å². The van der Waals surface area contributed by atoms with Gasteiger partial charge in [0, 0.05) is 19.4 Å². The molecule has 0 spiro atoms. The molecule has 0 aromatic carbocycles. The fourth-order valence-electron chi connectivity index (χ4n) is 6.69. The van der Waals surface area contributed by atoms with Crippen molar-refractivity contribution < 1.29 is 37.6 Å². The Morgan fingerprint density at radius 1 is 0.527 bits per heavy atom. The monoisotopic (exact) mass is 802 g/mol. The van der Waals surface area contributed by atoms with E-state index in [0.29, 0.717) is 6.42 Å². The summed E-state index contributed by atoms with van der Waals surface area (Å²) < 4.78 is 32.8. The molecule has 0 saturated heterocycles. The van der Waals surface area contributed by atoms with Crippen LogP contribution in [0.3, 0.4) is 0 Å². The van der Waals surface area contributed by atoms with E-state index in [1.165, 1.54) is 154 Å². The molecule has 0 aromatic heterocycles.